The Morgan fingerprint density at radius 2 is 1.63 bits per heavy atom. The van der Waals surface area contributed by atoms with Gasteiger partial charge in [-0.05, 0) is 23.8 Å². The zero-order chi connectivity index (χ0) is 19.3. The summed E-state index contributed by atoms with van der Waals surface area (Å²) in [5.74, 6) is -2.80. The summed E-state index contributed by atoms with van der Waals surface area (Å²) >= 11 is 12.1. The minimum absolute atomic E-state index is 0.0416. The van der Waals surface area contributed by atoms with Gasteiger partial charge in [-0.15, -0.1) is 0 Å². The summed E-state index contributed by atoms with van der Waals surface area (Å²) in [6.45, 7) is 0. The van der Waals surface area contributed by atoms with Crippen LogP contribution in [-0.2, 0) is 11.2 Å². The second kappa shape index (κ2) is 6.40. The van der Waals surface area contributed by atoms with Gasteiger partial charge >= 0.3 is 5.97 Å². The van der Waals surface area contributed by atoms with Gasteiger partial charge in [-0.2, -0.15) is 0 Å². The van der Waals surface area contributed by atoms with Gasteiger partial charge in [-0.3, -0.25) is 14.5 Å². The molecule has 4 rings (SSSR count). The predicted octanol–water partition coefficient (Wildman–Crippen LogP) is 3.77. The number of imide groups is 1. The Hall–Kier alpha value is -2.83. The summed E-state index contributed by atoms with van der Waals surface area (Å²) in [5.41, 5.74) is 1.41. The Morgan fingerprint density at radius 1 is 1.04 bits per heavy atom. The van der Waals surface area contributed by atoms with Crippen molar-refractivity contribution in [2.75, 3.05) is 0 Å². The zero-order valence-corrected chi connectivity index (χ0v) is 15.2. The van der Waals surface area contributed by atoms with Crippen molar-refractivity contribution < 1.29 is 19.5 Å². The molecule has 3 aromatic rings. The van der Waals surface area contributed by atoms with E-state index in [2.05, 4.69) is 4.98 Å². The molecule has 0 saturated heterocycles. The molecule has 0 unspecified atom stereocenters. The molecule has 27 heavy (non-hydrogen) atoms. The van der Waals surface area contributed by atoms with E-state index in [4.69, 9.17) is 23.2 Å². The number of amides is 2. The summed E-state index contributed by atoms with van der Waals surface area (Å²) in [7, 11) is 0. The van der Waals surface area contributed by atoms with E-state index in [1.807, 2.05) is 24.3 Å². The molecule has 0 saturated carbocycles. The number of carbonyl (C=O) groups is 3. The lowest BCUT2D eigenvalue weighted by molar-refractivity contribution is -0.141. The number of aliphatic carboxylic acids is 1. The van der Waals surface area contributed by atoms with Gasteiger partial charge in [0.05, 0.1) is 21.2 Å². The number of aromatic amines is 1. The summed E-state index contributed by atoms with van der Waals surface area (Å²) in [5, 5.41) is 10.7. The van der Waals surface area contributed by atoms with Crippen molar-refractivity contribution in [3.8, 4) is 0 Å². The molecule has 1 atom stereocenters. The molecule has 1 aliphatic heterocycles. The summed E-state index contributed by atoms with van der Waals surface area (Å²) < 4.78 is 0. The maximum atomic E-state index is 12.8. The van der Waals surface area contributed by atoms with Crippen LogP contribution < -0.4 is 0 Å². The fraction of sp³-hybridized carbons (Fsp3) is 0.105. The van der Waals surface area contributed by atoms with Crippen LogP contribution in [0.1, 0.15) is 26.3 Å². The zero-order valence-electron chi connectivity index (χ0n) is 13.7. The Labute approximate surface area is 163 Å². The molecular formula is C19H12Cl2N2O4. The van der Waals surface area contributed by atoms with Crippen molar-refractivity contribution in [3.05, 3.63) is 69.3 Å². The van der Waals surface area contributed by atoms with Crippen LogP contribution in [0.4, 0.5) is 0 Å². The predicted molar refractivity (Wildman–Crippen MR) is 100 cm³/mol. The topological polar surface area (TPSA) is 90.5 Å². The number of para-hydroxylation sites is 1. The number of halogens is 2. The Bertz CT molecular complexity index is 1080. The average Bonchev–Trinajstić information content (AvgIpc) is 3.16. The second-order valence-electron chi connectivity index (χ2n) is 6.18. The number of carbonyl (C=O) groups excluding carboxylic acids is 2. The monoisotopic (exact) mass is 402 g/mol. The molecule has 136 valence electrons. The van der Waals surface area contributed by atoms with Crippen LogP contribution in [0.5, 0.6) is 0 Å². The largest absolute Gasteiger partial charge is 0.480 e. The van der Waals surface area contributed by atoms with Crippen LogP contribution in [-0.4, -0.2) is 38.8 Å². The van der Waals surface area contributed by atoms with E-state index in [0.717, 1.165) is 15.8 Å². The van der Waals surface area contributed by atoms with Crippen LogP contribution in [0.25, 0.3) is 10.9 Å². The first-order valence-corrected chi connectivity index (χ1v) is 8.79. The van der Waals surface area contributed by atoms with Crippen LogP contribution in [0, 0.1) is 0 Å². The van der Waals surface area contributed by atoms with E-state index in [-0.39, 0.29) is 27.6 Å². The van der Waals surface area contributed by atoms with Gasteiger partial charge in [0, 0.05) is 23.5 Å². The van der Waals surface area contributed by atoms with E-state index in [1.54, 1.807) is 6.20 Å². The van der Waals surface area contributed by atoms with E-state index < -0.39 is 23.8 Å². The Kier molecular flexibility index (Phi) is 4.17. The highest BCUT2D eigenvalue weighted by Gasteiger charge is 2.45. The normalized spacial score (nSPS) is 14.7. The fourth-order valence-electron chi connectivity index (χ4n) is 3.38. The lowest BCUT2D eigenvalue weighted by Gasteiger charge is -2.22. The molecule has 2 heterocycles. The van der Waals surface area contributed by atoms with Gasteiger partial charge in [-0.25, -0.2) is 4.79 Å². The van der Waals surface area contributed by atoms with E-state index >= 15 is 0 Å². The van der Waals surface area contributed by atoms with Crippen molar-refractivity contribution in [3.63, 3.8) is 0 Å². The molecule has 0 aliphatic carbocycles. The molecule has 8 heteroatoms. The third kappa shape index (κ3) is 2.69. The first-order valence-electron chi connectivity index (χ1n) is 8.04. The molecule has 0 bridgehead atoms. The van der Waals surface area contributed by atoms with Crippen molar-refractivity contribution in [1.82, 2.24) is 9.88 Å². The molecule has 1 aromatic heterocycles. The molecule has 6 nitrogen and oxygen atoms in total. The Balaban J connectivity index is 1.77. The standard InChI is InChI=1S/C19H12Cl2N2O4/c20-11-5-6-12(21)16-15(11)17(24)23(18(16)25)14(19(26)27)7-9-8-22-13-4-2-1-3-10(9)13/h1-6,8,14,22H,7H2,(H,26,27)/t14-/m0/s1. The third-order valence-electron chi connectivity index (χ3n) is 4.65. The summed E-state index contributed by atoms with van der Waals surface area (Å²) in [4.78, 5) is 41.3. The number of hydrogen-bond donors (Lipinski definition) is 2. The molecule has 0 radical (unpaired) electrons. The Morgan fingerprint density at radius 3 is 2.22 bits per heavy atom. The van der Waals surface area contributed by atoms with Gasteiger partial charge in [0.2, 0.25) is 0 Å². The van der Waals surface area contributed by atoms with Crippen molar-refractivity contribution >= 4 is 51.9 Å². The van der Waals surface area contributed by atoms with Gasteiger partial charge < -0.3 is 10.1 Å². The van der Waals surface area contributed by atoms with Crippen LogP contribution in [0.3, 0.4) is 0 Å². The molecular weight excluding hydrogens is 391 g/mol. The van der Waals surface area contributed by atoms with Gasteiger partial charge in [0.25, 0.3) is 11.8 Å². The third-order valence-corrected chi connectivity index (χ3v) is 5.28. The number of nitrogens with one attached hydrogen (secondary N) is 1. The number of aromatic nitrogens is 1. The number of fused-ring (bicyclic) bond motifs is 2. The van der Waals surface area contributed by atoms with E-state index in [1.165, 1.54) is 12.1 Å². The first-order chi connectivity index (χ1) is 12.9. The van der Waals surface area contributed by atoms with Crippen molar-refractivity contribution in [2.24, 2.45) is 0 Å². The molecule has 2 amide bonds. The lowest BCUT2D eigenvalue weighted by atomic mass is 10.0. The van der Waals surface area contributed by atoms with Crippen LogP contribution in [0.15, 0.2) is 42.6 Å². The number of carboxylic acid groups (broad SMARTS) is 1. The SMILES string of the molecule is O=C(O)[C@H](Cc1c[nH]c2ccccc12)N1C(=O)c2c(Cl)ccc(Cl)c2C1=O. The summed E-state index contributed by atoms with van der Waals surface area (Å²) in [6.07, 6.45) is 1.64. The fourth-order valence-corrected chi connectivity index (χ4v) is 3.86. The minimum Gasteiger partial charge on any atom is -0.480 e. The van der Waals surface area contributed by atoms with Crippen LogP contribution in [0.2, 0.25) is 10.0 Å². The maximum Gasteiger partial charge on any atom is 0.327 e. The first kappa shape index (κ1) is 17.6. The number of hydrogen-bond acceptors (Lipinski definition) is 3. The quantitative estimate of drug-likeness (QED) is 0.649. The number of carboxylic acids is 1. The highest BCUT2D eigenvalue weighted by molar-refractivity contribution is 6.42. The highest BCUT2D eigenvalue weighted by atomic mass is 35.5. The van der Waals surface area contributed by atoms with Gasteiger partial charge in [0.15, 0.2) is 0 Å². The number of rotatable bonds is 4. The highest BCUT2D eigenvalue weighted by Crippen LogP contribution is 2.36. The van der Waals surface area contributed by atoms with Crippen molar-refractivity contribution in [2.45, 2.75) is 12.5 Å². The second-order valence-corrected chi connectivity index (χ2v) is 6.99. The number of nitrogens with zero attached hydrogens (tertiary/aromatic N) is 1. The molecule has 1 aliphatic rings. The number of H-pyrrole nitrogens is 1. The van der Waals surface area contributed by atoms with Crippen LogP contribution >= 0.6 is 23.2 Å². The molecule has 2 N–H and O–H groups in total. The molecule has 2 aromatic carbocycles. The van der Waals surface area contributed by atoms with Gasteiger partial charge in [-0.1, -0.05) is 41.4 Å². The smallest absolute Gasteiger partial charge is 0.327 e. The molecule has 0 spiro atoms. The maximum absolute atomic E-state index is 12.8. The summed E-state index contributed by atoms with van der Waals surface area (Å²) in [6, 6.07) is 8.82. The van der Waals surface area contributed by atoms with E-state index in [0.29, 0.717) is 5.56 Å². The average molecular weight is 403 g/mol. The van der Waals surface area contributed by atoms with Crippen molar-refractivity contribution in [1.29, 1.82) is 0 Å². The molecule has 0 fully saturated rings. The van der Waals surface area contributed by atoms with Gasteiger partial charge in [0.1, 0.15) is 6.04 Å². The van der Waals surface area contributed by atoms with E-state index in [9.17, 15) is 19.5 Å². The minimum atomic E-state index is -1.39. The lowest BCUT2D eigenvalue weighted by Crippen LogP contribution is -2.46. The number of benzene rings is 2.